The van der Waals surface area contributed by atoms with E-state index in [1.54, 1.807) is 0 Å². The number of hydrogen-bond acceptors (Lipinski definition) is 30. The van der Waals surface area contributed by atoms with Crippen molar-refractivity contribution in [2.75, 3.05) is 33.5 Å². The van der Waals surface area contributed by atoms with Gasteiger partial charge in [-0.25, -0.2) is 8.37 Å². The molecule has 31 atom stereocenters. The molecule has 6 saturated heterocycles. The average molecular weight is 1380 g/mol. The summed E-state index contributed by atoms with van der Waals surface area (Å²) in [6.07, 6.45) is -37.5. The molecule has 0 radical (unpaired) electrons. The van der Waals surface area contributed by atoms with Crippen LogP contribution in [-0.2, 0) is 95.6 Å². The second kappa shape index (κ2) is 27.2. The van der Waals surface area contributed by atoms with Crippen molar-refractivity contribution in [3.05, 3.63) is 23.8 Å². The number of methoxy groups -OCH3 is 1. The van der Waals surface area contributed by atoms with Crippen LogP contribution in [0.3, 0.4) is 0 Å². The van der Waals surface area contributed by atoms with E-state index in [-0.39, 0.29) is 30.0 Å². The Labute approximate surface area is 538 Å². The van der Waals surface area contributed by atoms with Crippen molar-refractivity contribution in [1.82, 2.24) is 0 Å². The van der Waals surface area contributed by atoms with Gasteiger partial charge < -0.3 is 108 Å². The summed E-state index contributed by atoms with van der Waals surface area (Å²) in [6.45, 7) is 14.1. The van der Waals surface area contributed by atoms with Crippen molar-refractivity contribution >= 4 is 32.6 Å². The molecule has 4 aliphatic carbocycles. The van der Waals surface area contributed by atoms with Crippen molar-refractivity contribution in [2.45, 2.75) is 259 Å². The molecule has 0 bridgehead atoms. The number of hydrogen-bond donors (Lipinski definition) is 12. The fraction of sp³-hybridized carbons (Fsp3) is 0.898. The highest BCUT2D eigenvalue weighted by molar-refractivity contribution is 7.81. The Morgan fingerprint density at radius 2 is 1.29 bits per heavy atom. The van der Waals surface area contributed by atoms with E-state index in [9.17, 15) is 86.6 Å². The molecule has 10 aliphatic rings. The summed E-state index contributed by atoms with van der Waals surface area (Å²) < 4.78 is 149. The minimum Gasteiger partial charge on any atom is -0.458 e. The SMILES string of the molecule is C=C(C)CCC[C@]1(C)OC(=O)C23CCC4C(=CCC5C(C)(C)C(OC6OCC(OS(=O)(=O)O)C(O)C6OC6OC(C)C(OC7OC(COS(=O)(=O)O)C(O)C(OC8OC(CO)C(O)C(OC)C8O)C7O)C(O)C6OC6OCC(O)C(O)C6O)CCC45C)[C@]2(C)CC(=O)C31. The molecule has 6 aliphatic heterocycles. The van der Waals surface area contributed by atoms with Crippen molar-refractivity contribution in [3.8, 4) is 0 Å². The number of ether oxygens (including phenoxy) is 12. The number of carbonyl (C=O) groups excluding carboxylic acids is 2. The van der Waals surface area contributed by atoms with E-state index in [4.69, 9.17) is 61.0 Å². The Bertz CT molecular complexity index is 2970. The Kier molecular flexibility index (Phi) is 21.4. The minimum atomic E-state index is -5.32. The largest absolute Gasteiger partial charge is 0.458 e. The van der Waals surface area contributed by atoms with E-state index in [0.29, 0.717) is 44.9 Å². The second-order valence-electron chi connectivity index (χ2n) is 28.2. The lowest BCUT2D eigenvalue weighted by Crippen LogP contribution is -2.68. The number of cyclic esters (lactones) is 1. The number of rotatable bonds is 21. The lowest BCUT2D eigenvalue weighted by atomic mass is 9.41. The van der Waals surface area contributed by atoms with Gasteiger partial charge in [-0.3, -0.25) is 18.7 Å². The van der Waals surface area contributed by atoms with Gasteiger partial charge in [-0.05, 0) is 94.8 Å². The molecule has 532 valence electrons. The smallest absolute Gasteiger partial charge is 0.397 e. The lowest BCUT2D eigenvalue weighted by Gasteiger charge is -2.63. The molecule has 0 aromatic carbocycles. The predicted molar refractivity (Wildman–Crippen MR) is 308 cm³/mol. The number of aliphatic hydroxyl groups is 10. The van der Waals surface area contributed by atoms with Gasteiger partial charge in [0, 0.05) is 18.9 Å². The summed E-state index contributed by atoms with van der Waals surface area (Å²) >= 11 is 0. The van der Waals surface area contributed by atoms with Crippen molar-refractivity contribution in [2.24, 2.45) is 39.4 Å². The van der Waals surface area contributed by atoms with Crippen LogP contribution in [0.25, 0.3) is 0 Å². The van der Waals surface area contributed by atoms with Gasteiger partial charge in [0.15, 0.2) is 31.5 Å². The molecular weight excluding hydrogens is 1280 g/mol. The normalized spacial score (nSPS) is 49.2. The van der Waals surface area contributed by atoms with Gasteiger partial charge in [-0.15, -0.1) is 6.58 Å². The first-order chi connectivity index (χ1) is 43.4. The van der Waals surface area contributed by atoms with E-state index in [2.05, 4.69) is 23.8 Å². The predicted octanol–water partition coefficient (Wildman–Crippen LogP) is -2.09. The number of carbonyl (C=O) groups is 2. The standard InChI is InChI=1S/C59H92O32S2/c1-24(2)11-10-16-58(8)48-28(61)19-57(7)27-12-13-33-55(4,5)34(15-17-56(33,6)26(27)14-18-59(48,57)54(71)90-58)85-52-46(38(66)32(22-80-52)91-93(75,76)77)89-53-47(88-49-39(67)35(63)29(62)21-79-49)40(68)43(25(3)82-53)86-51-42(70)45(37(65)31(84-51)23-81-92(72,73)74)87-50-41(69)44(78-9)36(64)30(20-60)83-50/h12,25-26,29-53,60,62-70H,1,10-11,13-23H2,2-9H3,(H,72,73,74)(H,75,76,77)/t25?,26?,29?,30?,31?,32?,33?,34?,35?,36?,37?,38?,39?,40?,41?,42?,43?,44?,45?,46?,47?,48?,49?,50?,51?,52?,53?,56?,57-,58-,59?/m0/s1. The summed E-state index contributed by atoms with van der Waals surface area (Å²) in [7, 11) is -9.46. The van der Waals surface area contributed by atoms with Crippen LogP contribution in [0.4, 0.5) is 0 Å². The van der Waals surface area contributed by atoms with Crippen molar-refractivity contribution in [3.63, 3.8) is 0 Å². The van der Waals surface area contributed by atoms with Gasteiger partial charge in [-0.2, -0.15) is 16.8 Å². The minimum absolute atomic E-state index is 0.0191. The Hall–Kier alpha value is -2.48. The summed E-state index contributed by atoms with van der Waals surface area (Å²) in [5.74, 6) is -1.10. The quantitative estimate of drug-likeness (QED) is 0.0333. The first-order valence-corrected chi connectivity index (χ1v) is 34.2. The molecule has 29 unspecified atom stereocenters. The summed E-state index contributed by atoms with van der Waals surface area (Å²) in [4.78, 5) is 28.9. The highest BCUT2D eigenvalue weighted by Gasteiger charge is 2.79. The zero-order valence-corrected chi connectivity index (χ0v) is 54.5. The van der Waals surface area contributed by atoms with Gasteiger partial charge in [0.05, 0.1) is 50.0 Å². The van der Waals surface area contributed by atoms with Crippen LogP contribution < -0.4 is 0 Å². The average Bonchev–Trinajstić information content (AvgIpc) is 1.52. The van der Waals surface area contributed by atoms with E-state index in [0.717, 1.165) is 24.7 Å². The zero-order chi connectivity index (χ0) is 68.2. The first-order valence-electron chi connectivity index (χ1n) is 31.5. The number of Topliss-reactive ketones (excluding diaryl/α,β-unsaturated/α-hetero) is 1. The molecule has 12 N–H and O–H groups in total. The number of ketones is 1. The van der Waals surface area contributed by atoms with Gasteiger partial charge in [0.2, 0.25) is 0 Å². The third kappa shape index (κ3) is 13.5. The van der Waals surface area contributed by atoms with E-state index >= 15 is 0 Å². The Morgan fingerprint density at radius 3 is 1.94 bits per heavy atom. The van der Waals surface area contributed by atoms with Crippen LogP contribution in [0.15, 0.2) is 23.8 Å². The molecule has 0 amide bonds. The van der Waals surface area contributed by atoms with Gasteiger partial charge in [-0.1, -0.05) is 44.9 Å². The molecule has 32 nitrogen and oxygen atoms in total. The second-order valence-corrected chi connectivity index (χ2v) is 30.3. The van der Waals surface area contributed by atoms with Crippen LogP contribution in [-0.4, -0.2) is 275 Å². The molecule has 3 saturated carbocycles. The number of esters is 1. The highest BCUT2D eigenvalue weighted by atomic mass is 32.3. The maximum atomic E-state index is 14.5. The molecule has 9 fully saturated rings. The molecule has 0 aromatic rings. The Balaban J connectivity index is 0.921. The lowest BCUT2D eigenvalue weighted by molar-refractivity contribution is -0.403. The van der Waals surface area contributed by atoms with E-state index < -0.39 is 228 Å². The molecular formula is C59H92O32S2. The van der Waals surface area contributed by atoms with Gasteiger partial charge in [0.25, 0.3) is 0 Å². The highest BCUT2D eigenvalue weighted by Crippen LogP contribution is 2.75. The van der Waals surface area contributed by atoms with E-state index in [1.165, 1.54) is 6.92 Å². The van der Waals surface area contributed by atoms with Crippen molar-refractivity contribution < 1.29 is 152 Å². The van der Waals surface area contributed by atoms with Crippen LogP contribution in [0.5, 0.6) is 0 Å². The topological polar surface area (TPSA) is 474 Å². The molecule has 10 rings (SSSR count). The maximum Gasteiger partial charge on any atom is 0.397 e. The number of aliphatic hydroxyl groups excluding tert-OH is 10. The summed E-state index contributed by atoms with van der Waals surface area (Å²) in [6, 6.07) is 0. The zero-order valence-electron chi connectivity index (χ0n) is 52.9. The molecule has 93 heavy (non-hydrogen) atoms. The fourth-order valence-electron chi connectivity index (χ4n) is 17.4. The molecule has 0 aromatic heterocycles. The molecule has 6 heterocycles. The first kappa shape index (κ1) is 73.2. The van der Waals surface area contributed by atoms with Crippen LogP contribution >= 0.6 is 0 Å². The van der Waals surface area contributed by atoms with Crippen molar-refractivity contribution in [1.29, 1.82) is 0 Å². The van der Waals surface area contributed by atoms with Crippen LogP contribution in [0, 0.1) is 39.4 Å². The third-order valence-corrected chi connectivity index (χ3v) is 23.0. The fourth-order valence-corrected chi connectivity index (χ4v) is 18.2. The molecule has 1 spiro atoms. The Morgan fingerprint density at radius 1 is 0.677 bits per heavy atom. The van der Waals surface area contributed by atoms with Gasteiger partial charge >= 0.3 is 26.8 Å². The van der Waals surface area contributed by atoms with Gasteiger partial charge in [0.1, 0.15) is 115 Å². The van der Waals surface area contributed by atoms with Crippen LogP contribution in [0.1, 0.15) is 106 Å². The van der Waals surface area contributed by atoms with E-state index in [1.807, 2.05) is 34.6 Å². The number of allylic oxidation sites excluding steroid dienone is 3. The van der Waals surface area contributed by atoms with Crippen LogP contribution in [0.2, 0.25) is 0 Å². The third-order valence-electron chi connectivity index (χ3n) is 22.0. The summed E-state index contributed by atoms with van der Waals surface area (Å²) in [5, 5.41) is 112. The molecule has 34 heteroatoms. The maximum absolute atomic E-state index is 14.5. The monoisotopic (exact) mass is 1380 g/mol. The number of fused-ring (bicyclic) bond motifs is 4. The summed E-state index contributed by atoms with van der Waals surface area (Å²) in [5.41, 5.74) is -1.91.